The van der Waals surface area contributed by atoms with Gasteiger partial charge in [0.25, 0.3) is 0 Å². The van der Waals surface area contributed by atoms with Gasteiger partial charge in [-0.3, -0.25) is 14.4 Å². The van der Waals surface area contributed by atoms with Gasteiger partial charge in [0.2, 0.25) is 11.8 Å². The predicted molar refractivity (Wildman–Crippen MR) is 105 cm³/mol. The molecule has 1 fully saturated rings. The summed E-state index contributed by atoms with van der Waals surface area (Å²) >= 11 is 2.27. The van der Waals surface area contributed by atoms with Gasteiger partial charge in [0.15, 0.2) is 0 Å². The van der Waals surface area contributed by atoms with Crippen LogP contribution < -0.4 is 9.77 Å². The zero-order valence-corrected chi connectivity index (χ0v) is 15.9. The fourth-order valence-electron chi connectivity index (χ4n) is 3.88. The summed E-state index contributed by atoms with van der Waals surface area (Å²) in [6, 6.07) is 14.7. The molecule has 5 rings (SSSR count). The van der Waals surface area contributed by atoms with Gasteiger partial charge >= 0.3 is 4.87 Å². The summed E-state index contributed by atoms with van der Waals surface area (Å²) in [4.78, 5) is 43.0. The number of thiazole rings is 1. The summed E-state index contributed by atoms with van der Waals surface area (Å²) in [7, 11) is 0. The monoisotopic (exact) mass is 412 g/mol. The highest BCUT2D eigenvalue weighted by molar-refractivity contribution is 8.00. The first-order chi connectivity index (χ1) is 13.5. The van der Waals surface area contributed by atoms with Gasteiger partial charge in [0.05, 0.1) is 16.6 Å². The number of aromatic nitrogens is 1. The van der Waals surface area contributed by atoms with Crippen molar-refractivity contribution in [3.05, 3.63) is 80.5 Å². The summed E-state index contributed by atoms with van der Waals surface area (Å²) in [5.74, 6) is -2.10. The van der Waals surface area contributed by atoms with E-state index in [4.69, 9.17) is 0 Å². The number of aromatic amines is 1. The molecule has 0 radical (unpaired) electrons. The maximum atomic E-state index is 13.5. The number of carbonyl (C=O) groups excluding carboxylic acids is 2. The molecule has 0 saturated carbocycles. The van der Waals surface area contributed by atoms with E-state index in [-0.39, 0.29) is 22.5 Å². The number of amides is 2. The highest BCUT2D eigenvalue weighted by Gasteiger charge is 2.56. The molecule has 0 spiro atoms. The Hall–Kier alpha value is -2.71. The summed E-state index contributed by atoms with van der Waals surface area (Å²) in [5, 5.41) is -0.0258. The predicted octanol–water partition coefficient (Wildman–Crippen LogP) is 3.37. The lowest BCUT2D eigenvalue weighted by Crippen LogP contribution is -2.32. The third-order valence-electron chi connectivity index (χ3n) is 5.07. The van der Waals surface area contributed by atoms with E-state index in [0.29, 0.717) is 16.3 Å². The third kappa shape index (κ3) is 2.56. The Morgan fingerprint density at radius 1 is 0.929 bits per heavy atom. The van der Waals surface area contributed by atoms with Crippen LogP contribution in [0.5, 0.6) is 0 Å². The number of carbonyl (C=O) groups is 2. The number of para-hydroxylation sites is 1. The highest BCUT2D eigenvalue weighted by atomic mass is 32.2. The topological polar surface area (TPSA) is 70.2 Å². The lowest BCUT2D eigenvalue weighted by Gasteiger charge is -2.29. The Labute approximate surface area is 167 Å². The van der Waals surface area contributed by atoms with Crippen molar-refractivity contribution in [2.24, 2.45) is 5.92 Å². The fraction of sp³-hybridized carbons (Fsp3) is 0.150. The van der Waals surface area contributed by atoms with Crippen molar-refractivity contribution in [2.75, 3.05) is 4.90 Å². The molecule has 2 amide bonds. The standard InChI is InChI=1S/C20H13FN2O3S2/c21-11-8-6-10(7-9-11)13-14-16(27-17-15(13)28-20(26)22-17)19(25)23(18(14)24)12-4-2-1-3-5-12/h1-9,13-14,16H,(H,22,26)/t13-,14-,16+/m0/s1. The maximum absolute atomic E-state index is 13.5. The third-order valence-corrected chi connectivity index (χ3v) is 7.47. The smallest absolute Gasteiger partial charge is 0.305 e. The first-order valence-corrected chi connectivity index (χ1v) is 10.3. The molecule has 2 aliphatic rings. The van der Waals surface area contributed by atoms with Crippen LogP contribution >= 0.6 is 23.1 Å². The van der Waals surface area contributed by atoms with Crippen LogP contribution in [0.2, 0.25) is 0 Å². The van der Waals surface area contributed by atoms with E-state index >= 15 is 0 Å². The number of hydrogen-bond acceptors (Lipinski definition) is 5. The molecule has 2 aliphatic heterocycles. The molecule has 1 N–H and O–H groups in total. The van der Waals surface area contributed by atoms with E-state index in [9.17, 15) is 18.8 Å². The second-order valence-corrected chi connectivity index (χ2v) is 8.82. The number of H-pyrrole nitrogens is 1. The van der Waals surface area contributed by atoms with Gasteiger partial charge in [-0.15, -0.1) is 0 Å². The van der Waals surface area contributed by atoms with Gasteiger partial charge in [0.1, 0.15) is 11.1 Å². The van der Waals surface area contributed by atoms with Gasteiger partial charge in [0, 0.05) is 10.8 Å². The van der Waals surface area contributed by atoms with Crippen molar-refractivity contribution in [1.82, 2.24) is 4.98 Å². The molecule has 2 aromatic carbocycles. The molecule has 3 atom stereocenters. The van der Waals surface area contributed by atoms with Crippen LogP contribution in [-0.4, -0.2) is 22.0 Å². The second kappa shape index (κ2) is 6.42. The lowest BCUT2D eigenvalue weighted by atomic mass is 9.83. The van der Waals surface area contributed by atoms with Crippen LogP contribution in [0.25, 0.3) is 0 Å². The molecule has 1 saturated heterocycles. The van der Waals surface area contributed by atoms with Gasteiger partial charge in [-0.1, -0.05) is 53.4 Å². The van der Waals surface area contributed by atoms with Crippen LogP contribution in [0, 0.1) is 11.7 Å². The summed E-state index contributed by atoms with van der Waals surface area (Å²) < 4.78 is 13.5. The maximum Gasteiger partial charge on any atom is 0.305 e. The van der Waals surface area contributed by atoms with Crippen LogP contribution in [-0.2, 0) is 9.59 Å². The van der Waals surface area contributed by atoms with Gasteiger partial charge in [-0.05, 0) is 29.8 Å². The number of nitrogens with zero attached hydrogens (tertiary/aromatic N) is 1. The average Bonchev–Trinajstić information content (AvgIpc) is 3.18. The Bertz CT molecular complexity index is 1140. The molecule has 5 nitrogen and oxygen atoms in total. The van der Waals surface area contributed by atoms with E-state index in [0.717, 1.165) is 16.2 Å². The van der Waals surface area contributed by atoms with Crippen molar-refractivity contribution in [3.8, 4) is 0 Å². The minimum Gasteiger partial charge on any atom is -0.307 e. The van der Waals surface area contributed by atoms with Crippen molar-refractivity contribution in [3.63, 3.8) is 0 Å². The second-order valence-electron chi connectivity index (χ2n) is 6.65. The number of nitrogens with one attached hydrogen (secondary N) is 1. The number of anilines is 1. The van der Waals surface area contributed by atoms with Crippen molar-refractivity contribution >= 4 is 40.6 Å². The van der Waals surface area contributed by atoms with Crippen molar-refractivity contribution < 1.29 is 14.0 Å². The van der Waals surface area contributed by atoms with Gasteiger partial charge in [-0.25, -0.2) is 9.29 Å². The Morgan fingerprint density at radius 2 is 1.64 bits per heavy atom. The Balaban J connectivity index is 1.66. The SMILES string of the molecule is O=C1[C@H]2[C@H](c3ccc(F)cc3)c3sc(=O)[nH]c3S[C@H]2C(=O)N1c1ccccc1. The van der Waals surface area contributed by atoms with Crippen LogP contribution in [0.3, 0.4) is 0 Å². The number of fused-ring (bicyclic) bond motifs is 2. The normalized spacial score (nSPS) is 23.6. The number of hydrogen-bond donors (Lipinski definition) is 1. The molecule has 0 bridgehead atoms. The van der Waals surface area contributed by atoms with E-state index in [1.807, 2.05) is 6.07 Å². The molecule has 140 valence electrons. The first kappa shape index (κ1) is 17.4. The van der Waals surface area contributed by atoms with E-state index in [1.54, 1.807) is 36.4 Å². The van der Waals surface area contributed by atoms with E-state index in [1.165, 1.54) is 28.8 Å². The molecule has 0 unspecified atom stereocenters. The zero-order chi connectivity index (χ0) is 19.4. The van der Waals surface area contributed by atoms with Crippen LogP contribution in [0.15, 0.2) is 64.4 Å². The summed E-state index contributed by atoms with van der Waals surface area (Å²) in [6.45, 7) is 0. The molecule has 28 heavy (non-hydrogen) atoms. The molecule has 1 aromatic heterocycles. The number of thioether (sulfide) groups is 1. The molecular formula is C20H13FN2O3S2. The quantitative estimate of drug-likeness (QED) is 0.655. The largest absolute Gasteiger partial charge is 0.307 e. The zero-order valence-electron chi connectivity index (χ0n) is 14.3. The van der Waals surface area contributed by atoms with E-state index in [2.05, 4.69) is 4.98 Å². The number of rotatable bonds is 2. The summed E-state index contributed by atoms with van der Waals surface area (Å²) in [6.07, 6.45) is 0. The van der Waals surface area contributed by atoms with Crippen LogP contribution in [0.4, 0.5) is 10.1 Å². The number of halogens is 1. The molecule has 0 aliphatic carbocycles. The minimum atomic E-state index is -0.651. The number of imide groups is 1. The average molecular weight is 412 g/mol. The lowest BCUT2D eigenvalue weighted by molar-refractivity contribution is -0.122. The fourth-order valence-corrected chi connectivity index (χ4v) is 6.39. The molecular weight excluding hydrogens is 399 g/mol. The minimum absolute atomic E-state index is 0.232. The number of benzene rings is 2. The van der Waals surface area contributed by atoms with Gasteiger partial charge < -0.3 is 4.98 Å². The van der Waals surface area contributed by atoms with E-state index < -0.39 is 17.1 Å². The summed E-state index contributed by atoms with van der Waals surface area (Å²) in [5.41, 5.74) is 1.24. The Morgan fingerprint density at radius 3 is 2.36 bits per heavy atom. The molecule has 3 aromatic rings. The highest BCUT2D eigenvalue weighted by Crippen LogP contribution is 2.53. The van der Waals surface area contributed by atoms with Crippen molar-refractivity contribution in [2.45, 2.75) is 16.2 Å². The van der Waals surface area contributed by atoms with Crippen LogP contribution in [0.1, 0.15) is 16.4 Å². The van der Waals surface area contributed by atoms with Crippen molar-refractivity contribution in [1.29, 1.82) is 0 Å². The first-order valence-electron chi connectivity index (χ1n) is 8.62. The van der Waals surface area contributed by atoms with Gasteiger partial charge in [-0.2, -0.15) is 0 Å². The molecule has 3 heterocycles. The Kier molecular flexibility index (Phi) is 3.99. The molecule has 8 heteroatoms.